The van der Waals surface area contributed by atoms with Crippen molar-refractivity contribution in [1.29, 1.82) is 0 Å². The number of hydrogen-bond acceptors (Lipinski definition) is 7. The fraction of sp³-hybridized carbons (Fsp3) is 0.292. The van der Waals surface area contributed by atoms with Gasteiger partial charge in [-0.05, 0) is 55.9 Å². The van der Waals surface area contributed by atoms with E-state index < -0.39 is 0 Å². The topological polar surface area (TPSA) is 61.6 Å². The summed E-state index contributed by atoms with van der Waals surface area (Å²) < 4.78 is 2.86. The van der Waals surface area contributed by atoms with Crippen LogP contribution in [0.2, 0.25) is 0 Å². The minimum Gasteiger partial charge on any atom is -0.369 e. The van der Waals surface area contributed by atoms with Crippen molar-refractivity contribution >= 4 is 50.7 Å². The van der Waals surface area contributed by atoms with E-state index in [0.717, 1.165) is 53.6 Å². The van der Waals surface area contributed by atoms with Gasteiger partial charge in [0.2, 0.25) is 5.16 Å². The molecule has 0 unspecified atom stereocenters. The van der Waals surface area contributed by atoms with Crippen LogP contribution >= 0.6 is 27.7 Å². The highest BCUT2D eigenvalue weighted by Gasteiger charge is 2.15. The molecule has 1 saturated heterocycles. The van der Waals surface area contributed by atoms with Crippen molar-refractivity contribution in [2.24, 2.45) is 0 Å². The van der Waals surface area contributed by atoms with Gasteiger partial charge in [-0.25, -0.2) is 4.98 Å². The van der Waals surface area contributed by atoms with Crippen molar-refractivity contribution in [3.63, 3.8) is 0 Å². The molecule has 0 saturated carbocycles. The van der Waals surface area contributed by atoms with Crippen molar-refractivity contribution in [3.8, 4) is 0 Å². The first-order chi connectivity index (χ1) is 16.0. The Kier molecular flexibility index (Phi) is 6.52. The third-order valence-electron chi connectivity index (χ3n) is 5.69. The van der Waals surface area contributed by atoms with Crippen molar-refractivity contribution < 1.29 is 0 Å². The minimum atomic E-state index is 0.600. The fourth-order valence-corrected chi connectivity index (χ4v) is 5.07. The molecule has 5 rings (SSSR count). The fourth-order valence-electron chi connectivity index (χ4n) is 3.86. The zero-order chi connectivity index (χ0) is 22.8. The number of hydrogen-bond donors (Lipinski definition) is 1. The SMILES string of the molecule is Cc1cc(Nc2ccc(N3CCN(C)CC3)cc2)n2nc(SCc3cccc(Br)c3)nc2n1. The maximum atomic E-state index is 4.70. The second kappa shape index (κ2) is 9.70. The second-order valence-electron chi connectivity index (χ2n) is 8.27. The number of benzene rings is 2. The highest BCUT2D eigenvalue weighted by molar-refractivity contribution is 9.10. The first-order valence-electron chi connectivity index (χ1n) is 11.0. The van der Waals surface area contributed by atoms with Crippen molar-refractivity contribution in [1.82, 2.24) is 24.5 Å². The summed E-state index contributed by atoms with van der Waals surface area (Å²) in [7, 11) is 2.18. The van der Waals surface area contributed by atoms with Crippen LogP contribution in [0.1, 0.15) is 11.3 Å². The Labute approximate surface area is 206 Å². The first-order valence-corrected chi connectivity index (χ1v) is 12.7. The molecular weight excluding hydrogens is 498 g/mol. The predicted octanol–water partition coefficient (Wildman–Crippen LogP) is 4.98. The molecule has 1 fully saturated rings. The summed E-state index contributed by atoms with van der Waals surface area (Å²) in [6.07, 6.45) is 0. The number of rotatable bonds is 6. The number of piperazine rings is 1. The molecule has 2 aromatic carbocycles. The van der Waals surface area contributed by atoms with Gasteiger partial charge in [0, 0.05) is 59.5 Å². The summed E-state index contributed by atoms with van der Waals surface area (Å²) in [5.74, 6) is 2.25. The van der Waals surface area contributed by atoms with E-state index in [2.05, 4.69) is 84.5 Å². The molecule has 0 aliphatic carbocycles. The van der Waals surface area contributed by atoms with Crippen LogP contribution in [0, 0.1) is 6.92 Å². The molecule has 0 radical (unpaired) electrons. The van der Waals surface area contributed by atoms with Gasteiger partial charge in [-0.1, -0.05) is 39.8 Å². The van der Waals surface area contributed by atoms with E-state index in [1.54, 1.807) is 16.3 Å². The van der Waals surface area contributed by atoms with E-state index in [4.69, 9.17) is 5.10 Å². The van der Waals surface area contributed by atoms with Crippen LogP contribution in [-0.4, -0.2) is 57.7 Å². The van der Waals surface area contributed by atoms with E-state index in [1.807, 2.05) is 25.1 Å². The summed E-state index contributed by atoms with van der Waals surface area (Å²) in [6.45, 7) is 6.30. The molecule has 3 heterocycles. The lowest BCUT2D eigenvalue weighted by atomic mass is 10.2. The van der Waals surface area contributed by atoms with Gasteiger partial charge >= 0.3 is 0 Å². The molecule has 170 valence electrons. The number of fused-ring (bicyclic) bond motifs is 1. The standard InChI is InChI=1S/C24H26BrN7S/c1-17-14-22(27-20-6-8-21(9-7-20)31-12-10-30(2)11-13-31)32-23(26-17)28-24(29-32)33-16-18-4-3-5-19(25)15-18/h3-9,14-15,27H,10-13,16H2,1-2H3. The van der Waals surface area contributed by atoms with Gasteiger partial charge in [-0.15, -0.1) is 5.10 Å². The van der Waals surface area contributed by atoms with Crippen LogP contribution in [0.15, 0.2) is 64.2 Å². The van der Waals surface area contributed by atoms with Crippen molar-refractivity contribution in [3.05, 3.63) is 70.3 Å². The van der Waals surface area contributed by atoms with Gasteiger partial charge in [0.1, 0.15) is 5.82 Å². The van der Waals surface area contributed by atoms with Gasteiger partial charge in [0.25, 0.3) is 5.78 Å². The molecule has 7 nitrogen and oxygen atoms in total. The number of nitrogens with zero attached hydrogens (tertiary/aromatic N) is 6. The largest absolute Gasteiger partial charge is 0.369 e. The smallest absolute Gasteiger partial charge is 0.255 e. The van der Waals surface area contributed by atoms with Gasteiger partial charge in [0.05, 0.1) is 0 Å². The van der Waals surface area contributed by atoms with Gasteiger partial charge in [-0.3, -0.25) is 0 Å². The Hall–Kier alpha value is -2.62. The van der Waals surface area contributed by atoms with E-state index in [9.17, 15) is 0 Å². The molecule has 4 aromatic rings. The lowest BCUT2D eigenvalue weighted by Gasteiger charge is -2.34. The number of thioether (sulfide) groups is 1. The Morgan fingerprint density at radius 2 is 1.79 bits per heavy atom. The van der Waals surface area contributed by atoms with E-state index >= 15 is 0 Å². The number of likely N-dealkylation sites (N-methyl/N-ethyl adjacent to an activating group) is 1. The quantitative estimate of drug-likeness (QED) is 0.357. The van der Waals surface area contributed by atoms with Gasteiger partial charge < -0.3 is 15.1 Å². The first kappa shape index (κ1) is 22.2. The molecule has 2 aromatic heterocycles. The van der Waals surface area contributed by atoms with E-state index in [1.165, 1.54) is 11.3 Å². The highest BCUT2D eigenvalue weighted by atomic mass is 79.9. The Morgan fingerprint density at radius 1 is 1.00 bits per heavy atom. The number of halogens is 1. The van der Waals surface area contributed by atoms with Crippen LogP contribution in [0.5, 0.6) is 0 Å². The molecule has 0 atom stereocenters. The number of aromatic nitrogens is 4. The summed E-state index contributed by atoms with van der Waals surface area (Å²) in [6, 6.07) is 18.9. The molecule has 1 aliphatic heterocycles. The third-order valence-corrected chi connectivity index (χ3v) is 7.09. The third kappa shape index (κ3) is 5.31. The van der Waals surface area contributed by atoms with Gasteiger partial charge in [0.15, 0.2) is 0 Å². The van der Waals surface area contributed by atoms with Crippen LogP contribution in [0.4, 0.5) is 17.2 Å². The lowest BCUT2D eigenvalue weighted by molar-refractivity contribution is 0.313. The lowest BCUT2D eigenvalue weighted by Crippen LogP contribution is -2.44. The second-order valence-corrected chi connectivity index (χ2v) is 10.1. The summed E-state index contributed by atoms with van der Waals surface area (Å²) in [4.78, 5) is 14.0. The molecule has 1 N–H and O–H groups in total. The zero-order valence-corrected chi connectivity index (χ0v) is 21.1. The Morgan fingerprint density at radius 3 is 2.55 bits per heavy atom. The van der Waals surface area contributed by atoms with E-state index in [0.29, 0.717) is 10.9 Å². The average Bonchev–Trinajstić information content (AvgIpc) is 3.22. The maximum absolute atomic E-state index is 4.70. The van der Waals surface area contributed by atoms with Crippen LogP contribution in [-0.2, 0) is 5.75 Å². The zero-order valence-electron chi connectivity index (χ0n) is 18.7. The monoisotopic (exact) mass is 523 g/mol. The Balaban J connectivity index is 1.32. The number of aryl methyl sites for hydroxylation is 1. The van der Waals surface area contributed by atoms with Crippen LogP contribution in [0.3, 0.4) is 0 Å². The summed E-state index contributed by atoms with van der Waals surface area (Å²) in [5, 5.41) is 8.91. The molecular formula is C24H26BrN7S. The van der Waals surface area contributed by atoms with Crippen molar-refractivity contribution in [2.75, 3.05) is 43.4 Å². The normalized spacial score (nSPS) is 14.7. The Bertz CT molecular complexity index is 1250. The summed E-state index contributed by atoms with van der Waals surface area (Å²) >= 11 is 5.13. The highest BCUT2D eigenvalue weighted by Crippen LogP contribution is 2.25. The molecule has 1 aliphatic rings. The molecule has 0 spiro atoms. The molecule has 0 amide bonds. The number of anilines is 3. The average molecular weight is 524 g/mol. The van der Waals surface area contributed by atoms with Crippen LogP contribution in [0.25, 0.3) is 5.78 Å². The van der Waals surface area contributed by atoms with E-state index in [-0.39, 0.29) is 0 Å². The number of nitrogens with one attached hydrogen (secondary N) is 1. The molecule has 0 bridgehead atoms. The van der Waals surface area contributed by atoms with Crippen LogP contribution < -0.4 is 10.2 Å². The van der Waals surface area contributed by atoms with Crippen molar-refractivity contribution in [2.45, 2.75) is 17.8 Å². The molecule has 9 heteroatoms. The van der Waals surface area contributed by atoms with Gasteiger partial charge in [-0.2, -0.15) is 9.50 Å². The summed E-state index contributed by atoms with van der Waals surface area (Å²) in [5.41, 5.74) is 4.39. The maximum Gasteiger partial charge on any atom is 0.255 e. The minimum absolute atomic E-state index is 0.600. The predicted molar refractivity (Wildman–Crippen MR) is 139 cm³/mol. The molecule has 33 heavy (non-hydrogen) atoms.